The highest BCUT2D eigenvalue weighted by molar-refractivity contribution is 6.30. The second-order valence-electron chi connectivity index (χ2n) is 5.46. The van der Waals surface area contributed by atoms with E-state index in [9.17, 15) is 5.11 Å². The maximum atomic E-state index is 10.3. The molecule has 0 saturated heterocycles. The number of fused-ring (bicyclic) bond motifs is 1. The Hall–Kier alpha value is -1.51. The summed E-state index contributed by atoms with van der Waals surface area (Å²) < 4.78 is 6.03. The van der Waals surface area contributed by atoms with E-state index in [-0.39, 0.29) is 6.10 Å². The van der Waals surface area contributed by atoms with Crippen LogP contribution in [0.5, 0.6) is 5.75 Å². The van der Waals surface area contributed by atoms with Crippen molar-refractivity contribution in [3.05, 3.63) is 63.7 Å². The first-order chi connectivity index (χ1) is 9.52. The van der Waals surface area contributed by atoms with Gasteiger partial charge in [0.1, 0.15) is 11.9 Å². The van der Waals surface area contributed by atoms with Crippen molar-refractivity contribution in [3.8, 4) is 5.75 Å². The maximum Gasteiger partial charge on any atom is 0.127 e. The minimum atomic E-state index is -0.539. The topological polar surface area (TPSA) is 29.5 Å². The SMILES string of the molecule is Cc1cc(C)cc(C2C[C@H](O)c3cc(Cl)ccc3O2)c1. The van der Waals surface area contributed by atoms with E-state index in [1.54, 1.807) is 12.1 Å². The van der Waals surface area contributed by atoms with Crippen molar-refractivity contribution in [3.63, 3.8) is 0 Å². The van der Waals surface area contributed by atoms with Crippen LogP contribution in [0.4, 0.5) is 0 Å². The number of hydrogen-bond donors (Lipinski definition) is 1. The van der Waals surface area contributed by atoms with Gasteiger partial charge in [0.25, 0.3) is 0 Å². The summed E-state index contributed by atoms with van der Waals surface area (Å²) in [5.41, 5.74) is 4.31. The minimum absolute atomic E-state index is 0.114. The van der Waals surface area contributed by atoms with Gasteiger partial charge in [0.15, 0.2) is 0 Å². The number of ether oxygens (including phenoxy) is 1. The molecular weight excluding hydrogens is 272 g/mol. The first-order valence-electron chi connectivity index (χ1n) is 6.75. The summed E-state index contributed by atoms with van der Waals surface area (Å²) in [6, 6.07) is 11.8. The predicted octanol–water partition coefficient (Wildman–Crippen LogP) is 4.51. The molecule has 0 radical (unpaired) electrons. The Balaban J connectivity index is 1.96. The van der Waals surface area contributed by atoms with Crippen LogP contribution in [-0.2, 0) is 0 Å². The van der Waals surface area contributed by atoms with E-state index in [2.05, 4.69) is 32.0 Å². The number of aliphatic hydroxyl groups excluding tert-OH is 1. The van der Waals surface area contributed by atoms with Gasteiger partial charge in [-0.05, 0) is 37.6 Å². The molecule has 0 aromatic heterocycles. The van der Waals surface area contributed by atoms with Crippen LogP contribution in [0, 0.1) is 13.8 Å². The third-order valence-corrected chi connectivity index (χ3v) is 3.89. The second kappa shape index (κ2) is 5.12. The molecule has 2 atom stereocenters. The molecular formula is C17H17ClO2. The summed E-state index contributed by atoms with van der Waals surface area (Å²) in [5.74, 6) is 0.720. The highest BCUT2D eigenvalue weighted by Gasteiger charge is 2.28. The first kappa shape index (κ1) is 13.5. The molecule has 1 aliphatic rings. The molecule has 104 valence electrons. The van der Waals surface area contributed by atoms with Crippen LogP contribution in [0.1, 0.15) is 40.9 Å². The standard InChI is InChI=1S/C17H17ClO2/c1-10-5-11(2)7-12(6-10)17-9-15(19)14-8-13(18)3-4-16(14)20-17/h3-8,15,17,19H,9H2,1-2H3/t15-,17?/m0/s1. The quantitative estimate of drug-likeness (QED) is 0.836. The fraction of sp³-hybridized carbons (Fsp3) is 0.294. The summed E-state index contributed by atoms with van der Waals surface area (Å²) in [7, 11) is 0. The van der Waals surface area contributed by atoms with Crippen molar-refractivity contribution in [2.45, 2.75) is 32.5 Å². The third kappa shape index (κ3) is 2.54. The van der Waals surface area contributed by atoms with Crippen LogP contribution >= 0.6 is 11.6 Å². The average Bonchev–Trinajstić information content (AvgIpc) is 2.38. The molecule has 0 saturated carbocycles. The number of rotatable bonds is 1. The summed E-state index contributed by atoms with van der Waals surface area (Å²) in [6.45, 7) is 4.15. The zero-order chi connectivity index (χ0) is 14.3. The van der Waals surface area contributed by atoms with Gasteiger partial charge in [-0.1, -0.05) is 40.9 Å². The van der Waals surface area contributed by atoms with Gasteiger partial charge < -0.3 is 9.84 Å². The van der Waals surface area contributed by atoms with Gasteiger partial charge in [-0.3, -0.25) is 0 Å². The smallest absolute Gasteiger partial charge is 0.127 e. The summed E-state index contributed by atoms with van der Waals surface area (Å²) in [4.78, 5) is 0. The minimum Gasteiger partial charge on any atom is -0.485 e. The lowest BCUT2D eigenvalue weighted by Gasteiger charge is -2.30. The van der Waals surface area contributed by atoms with E-state index in [1.807, 2.05) is 6.07 Å². The molecule has 3 rings (SSSR count). The third-order valence-electron chi connectivity index (χ3n) is 3.65. The van der Waals surface area contributed by atoms with Crippen LogP contribution < -0.4 is 4.74 Å². The van der Waals surface area contributed by atoms with Crippen LogP contribution in [0.15, 0.2) is 36.4 Å². The van der Waals surface area contributed by atoms with Gasteiger partial charge in [0.05, 0.1) is 6.10 Å². The monoisotopic (exact) mass is 288 g/mol. The molecule has 0 aliphatic carbocycles. The molecule has 1 unspecified atom stereocenters. The van der Waals surface area contributed by atoms with Crippen molar-refractivity contribution in [1.82, 2.24) is 0 Å². The van der Waals surface area contributed by atoms with Crippen LogP contribution in [0.2, 0.25) is 5.02 Å². The molecule has 2 aromatic carbocycles. The van der Waals surface area contributed by atoms with Crippen molar-refractivity contribution in [2.75, 3.05) is 0 Å². The van der Waals surface area contributed by atoms with Crippen molar-refractivity contribution < 1.29 is 9.84 Å². The highest BCUT2D eigenvalue weighted by Crippen LogP contribution is 2.41. The molecule has 1 aliphatic heterocycles. The van der Waals surface area contributed by atoms with Gasteiger partial charge in [0.2, 0.25) is 0 Å². The number of benzene rings is 2. The molecule has 2 aromatic rings. The number of hydrogen-bond acceptors (Lipinski definition) is 2. The lowest BCUT2D eigenvalue weighted by atomic mass is 9.93. The van der Waals surface area contributed by atoms with Gasteiger partial charge in [0, 0.05) is 17.0 Å². The second-order valence-corrected chi connectivity index (χ2v) is 5.90. The van der Waals surface area contributed by atoms with E-state index < -0.39 is 6.10 Å². The normalized spacial score (nSPS) is 21.2. The lowest BCUT2D eigenvalue weighted by Crippen LogP contribution is -2.19. The molecule has 0 spiro atoms. The number of halogens is 1. The van der Waals surface area contributed by atoms with Crippen molar-refractivity contribution in [2.24, 2.45) is 0 Å². The fourth-order valence-corrected chi connectivity index (χ4v) is 3.00. The molecule has 20 heavy (non-hydrogen) atoms. The Kier molecular flexibility index (Phi) is 3.45. The van der Waals surface area contributed by atoms with E-state index in [0.29, 0.717) is 11.4 Å². The molecule has 1 N–H and O–H groups in total. The Labute approximate surface area is 124 Å². The zero-order valence-electron chi connectivity index (χ0n) is 11.6. The van der Waals surface area contributed by atoms with E-state index in [0.717, 1.165) is 16.9 Å². The van der Waals surface area contributed by atoms with Crippen LogP contribution in [0.25, 0.3) is 0 Å². The Morgan fingerprint density at radius 1 is 1.10 bits per heavy atom. The van der Waals surface area contributed by atoms with E-state index in [4.69, 9.17) is 16.3 Å². The van der Waals surface area contributed by atoms with Gasteiger partial charge in [-0.2, -0.15) is 0 Å². The van der Waals surface area contributed by atoms with Gasteiger partial charge in [-0.15, -0.1) is 0 Å². The van der Waals surface area contributed by atoms with Gasteiger partial charge >= 0.3 is 0 Å². The number of aryl methyl sites for hydroxylation is 2. The largest absolute Gasteiger partial charge is 0.485 e. The van der Waals surface area contributed by atoms with Crippen molar-refractivity contribution >= 4 is 11.6 Å². The van der Waals surface area contributed by atoms with E-state index >= 15 is 0 Å². The molecule has 0 bridgehead atoms. The van der Waals surface area contributed by atoms with E-state index in [1.165, 1.54) is 11.1 Å². The van der Waals surface area contributed by atoms with Crippen LogP contribution in [-0.4, -0.2) is 5.11 Å². The summed E-state index contributed by atoms with van der Waals surface area (Å²) in [6.07, 6.45) is -0.100. The summed E-state index contributed by atoms with van der Waals surface area (Å²) in [5, 5.41) is 10.9. The fourth-order valence-electron chi connectivity index (χ4n) is 2.82. The molecule has 0 fully saturated rings. The Morgan fingerprint density at radius 3 is 2.50 bits per heavy atom. The highest BCUT2D eigenvalue weighted by atomic mass is 35.5. The Morgan fingerprint density at radius 2 is 1.80 bits per heavy atom. The zero-order valence-corrected chi connectivity index (χ0v) is 12.3. The van der Waals surface area contributed by atoms with Crippen LogP contribution in [0.3, 0.4) is 0 Å². The van der Waals surface area contributed by atoms with Crippen molar-refractivity contribution in [1.29, 1.82) is 0 Å². The molecule has 1 heterocycles. The number of aliphatic hydroxyl groups is 1. The summed E-state index contributed by atoms with van der Waals surface area (Å²) >= 11 is 5.97. The van der Waals surface area contributed by atoms with Gasteiger partial charge in [-0.25, -0.2) is 0 Å². The predicted molar refractivity (Wildman–Crippen MR) is 80.3 cm³/mol. The molecule has 2 nitrogen and oxygen atoms in total. The molecule has 3 heteroatoms. The average molecular weight is 289 g/mol. The lowest BCUT2D eigenvalue weighted by molar-refractivity contribution is 0.0657. The molecule has 0 amide bonds. The maximum absolute atomic E-state index is 10.3. The Bertz CT molecular complexity index is 631. The first-order valence-corrected chi connectivity index (χ1v) is 7.13.